The molecule has 0 aliphatic carbocycles. The van der Waals surface area contributed by atoms with Gasteiger partial charge in [-0.2, -0.15) is 0 Å². The molecule has 1 N–H and O–H groups in total. The van der Waals surface area contributed by atoms with E-state index in [0.29, 0.717) is 9.79 Å². The molecule has 0 aromatic heterocycles. The normalized spacial score (nSPS) is 10.8. The number of para-hydroxylation sites is 1. The van der Waals surface area contributed by atoms with Crippen molar-refractivity contribution < 1.29 is 5.11 Å². The average molecular weight is 407 g/mol. The molecule has 0 radical (unpaired) electrons. The van der Waals surface area contributed by atoms with Crippen molar-refractivity contribution in [3.63, 3.8) is 0 Å². The van der Waals surface area contributed by atoms with E-state index in [9.17, 15) is 5.11 Å². The van der Waals surface area contributed by atoms with Crippen LogP contribution in [-0.2, 0) is 0 Å². The van der Waals surface area contributed by atoms with Gasteiger partial charge in [0.05, 0.1) is 34.9 Å². The second kappa shape index (κ2) is 7.10. The third-order valence-corrected chi connectivity index (χ3v) is 7.22. The number of phenols is 1. The van der Waals surface area contributed by atoms with Crippen molar-refractivity contribution in [2.45, 2.75) is 9.79 Å². The van der Waals surface area contributed by atoms with Crippen LogP contribution in [0, 0.1) is 0 Å². The van der Waals surface area contributed by atoms with Crippen molar-refractivity contribution in [2.75, 3.05) is 0 Å². The quantitative estimate of drug-likeness (QED) is 0.324. The maximum Gasteiger partial charge on any atom is 0.130 e. The Morgan fingerprint density at radius 2 is 1.20 bits per heavy atom. The molecule has 0 saturated heterocycles. The molecule has 2 rings (SSSR count). The fourth-order valence-corrected chi connectivity index (χ4v) is 5.28. The van der Waals surface area contributed by atoms with Gasteiger partial charge in [-0.25, -0.2) is 0 Å². The highest BCUT2D eigenvalue weighted by atomic mass is 35.5. The summed E-state index contributed by atoms with van der Waals surface area (Å²) in [5, 5.41) is 10.6. The molecule has 8 heteroatoms. The molecule has 0 heterocycles. The maximum atomic E-state index is 9.71. The Hall–Kier alpha value is 0.390. The number of hydrogen-bond acceptors (Lipinski definition) is 3. The van der Waals surface area contributed by atoms with Crippen LogP contribution < -0.4 is 0 Å². The number of hydrogen-bond donors (Lipinski definition) is 1. The Kier molecular flexibility index (Phi) is 5.95. The molecular weight excluding hydrogens is 402 g/mol. The largest absolute Gasteiger partial charge is 0.507 e. The Morgan fingerprint density at radius 1 is 0.700 bits per heavy atom. The molecule has 2 aromatic rings. The van der Waals surface area contributed by atoms with Crippen LogP contribution in [0.4, 0.5) is 0 Å². The molecule has 0 amide bonds. The van der Waals surface area contributed by atoms with Crippen LogP contribution in [0.1, 0.15) is 0 Å². The van der Waals surface area contributed by atoms with Crippen LogP contribution in [0.2, 0.25) is 25.1 Å². The van der Waals surface area contributed by atoms with Crippen molar-refractivity contribution in [3.05, 3.63) is 49.4 Å². The highest BCUT2D eigenvalue weighted by molar-refractivity contribution is 8.76. The Labute approximate surface area is 148 Å². The van der Waals surface area contributed by atoms with Gasteiger partial charge in [-0.05, 0) is 33.7 Å². The van der Waals surface area contributed by atoms with Crippen molar-refractivity contribution >= 4 is 79.6 Å². The Bertz CT molecular complexity index is 634. The molecule has 0 aliphatic heterocycles. The fraction of sp³-hybridized carbons (Fsp3) is 0. The highest BCUT2D eigenvalue weighted by Crippen LogP contribution is 2.52. The number of halogens is 5. The van der Waals surface area contributed by atoms with E-state index in [1.165, 1.54) is 21.6 Å². The second-order valence-corrected chi connectivity index (χ2v) is 7.60. The summed E-state index contributed by atoms with van der Waals surface area (Å²) in [7, 11) is 2.53. The molecule has 0 unspecified atom stereocenters. The summed E-state index contributed by atoms with van der Waals surface area (Å²) in [6.07, 6.45) is 0. The molecule has 0 aliphatic rings. The lowest BCUT2D eigenvalue weighted by Crippen LogP contribution is -1.82. The second-order valence-electron chi connectivity index (χ2n) is 3.53. The first-order valence-corrected chi connectivity index (χ1v) is 9.11. The minimum atomic E-state index is 0.125. The first-order chi connectivity index (χ1) is 9.43. The van der Waals surface area contributed by atoms with Crippen LogP contribution in [0.15, 0.2) is 34.1 Å². The van der Waals surface area contributed by atoms with Gasteiger partial charge in [0.1, 0.15) is 5.75 Å². The molecular formula is C12H5Cl5OS2. The number of aromatic hydroxyl groups is 1. The summed E-state index contributed by atoms with van der Waals surface area (Å²) in [4.78, 5) is 1.17. The van der Waals surface area contributed by atoms with E-state index in [0.717, 1.165) is 0 Å². The minimum Gasteiger partial charge on any atom is -0.507 e. The van der Waals surface area contributed by atoms with Gasteiger partial charge in [0, 0.05) is 0 Å². The van der Waals surface area contributed by atoms with E-state index in [4.69, 9.17) is 58.0 Å². The van der Waals surface area contributed by atoms with Gasteiger partial charge >= 0.3 is 0 Å². The molecule has 0 fully saturated rings. The van der Waals surface area contributed by atoms with E-state index >= 15 is 0 Å². The van der Waals surface area contributed by atoms with Crippen molar-refractivity contribution in [3.8, 4) is 5.75 Å². The number of benzene rings is 2. The standard InChI is InChI=1S/C12H5Cl5OS2/c13-7-8(14)10(16)12(11(17)9(7)15)20-19-6-4-2-1-3-5(6)18/h1-4,18H. The summed E-state index contributed by atoms with van der Waals surface area (Å²) < 4.78 is 0. The van der Waals surface area contributed by atoms with E-state index in [-0.39, 0.29) is 30.9 Å². The van der Waals surface area contributed by atoms with Crippen molar-refractivity contribution in [1.82, 2.24) is 0 Å². The molecule has 0 saturated carbocycles. The van der Waals surface area contributed by atoms with E-state index in [1.54, 1.807) is 18.2 Å². The highest BCUT2D eigenvalue weighted by Gasteiger charge is 2.20. The zero-order valence-electron chi connectivity index (χ0n) is 9.46. The van der Waals surface area contributed by atoms with Crippen LogP contribution in [0.5, 0.6) is 5.75 Å². The van der Waals surface area contributed by atoms with Gasteiger partial charge in [0.2, 0.25) is 0 Å². The van der Waals surface area contributed by atoms with Gasteiger partial charge in [-0.1, -0.05) is 70.1 Å². The molecule has 0 spiro atoms. The van der Waals surface area contributed by atoms with E-state index in [2.05, 4.69) is 0 Å². The Morgan fingerprint density at radius 3 is 1.75 bits per heavy atom. The smallest absolute Gasteiger partial charge is 0.130 e. The zero-order chi connectivity index (χ0) is 14.9. The van der Waals surface area contributed by atoms with Gasteiger partial charge in [-0.15, -0.1) is 0 Å². The predicted molar refractivity (Wildman–Crippen MR) is 91.3 cm³/mol. The third-order valence-electron chi connectivity index (χ3n) is 2.25. The van der Waals surface area contributed by atoms with Crippen LogP contribution >= 0.6 is 79.6 Å². The van der Waals surface area contributed by atoms with Gasteiger partial charge in [0.25, 0.3) is 0 Å². The van der Waals surface area contributed by atoms with Crippen molar-refractivity contribution in [1.29, 1.82) is 0 Å². The zero-order valence-corrected chi connectivity index (χ0v) is 14.9. The summed E-state index contributed by atoms with van der Waals surface area (Å²) in [6.45, 7) is 0. The third kappa shape index (κ3) is 3.41. The molecule has 0 bridgehead atoms. The fourth-order valence-electron chi connectivity index (χ4n) is 1.27. The van der Waals surface area contributed by atoms with E-state index in [1.807, 2.05) is 6.07 Å². The predicted octanol–water partition coefficient (Wildman–Crippen LogP) is 7.46. The molecule has 0 atom stereocenters. The minimum absolute atomic E-state index is 0.125. The van der Waals surface area contributed by atoms with Crippen LogP contribution in [-0.4, -0.2) is 5.11 Å². The lowest BCUT2D eigenvalue weighted by atomic mass is 10.3. The summed E-state index contributed by atoms with van der Waals surface area (Å²) in [5.74, 6) is 0.170. The van der Waals surface area contributed by atoms with Crippen molar-refractivity contribution in [2.24, 2.45) is 0 Å². The van der Waals surface area contributed by atoms with Gasteiger partial charge < -0.3 is 5.11 Å². The SMILES string of the molecule is Oc1ccccc1SSc1c(Cl)c(Cl)c(Cl)c(Cl)c1Cl. The van der Waals surface area contributed by atoms with Crippen LogP contribution in [0.3, 0.4) is 0 Å². The number of phenolic OH excluding ortho intramolecular Hbond substituents is 1. The summed E-state index contributed by atoms with van der Waals surface area (Å²) in [6, 6.07) is 6.91. The topological polar surface area (TPSA) is 20.2 Å². The molecule has 1 nitrogen and oxygen atoms in total. The molecule has 106 valence electrons. The first-order valence-electron chi connectivity index (χ1n) is 5.07. The summed E-state index contributed by atoms with van der Waals surface area (Å²) in [5.41, 5.74) is 0. The summed E-state index contributed by atoms with van der Waals surface area (Å²) >= 11 is 30.2. The van der Waals surface area contributed by atoms with E-state index < -0.39 is 0 Å². The molecule has 2 aromatic carbocycles. The lowest BCUT2D eigenvalue weighted by Gasteiger charge is -2.11. The van der Waals surface area contributed by atoms with Gasteiger partial charge in [-0.3, -0.25) is 0 Å². The number of rotatable bonds is 3. The Balaban J connectivity index is 2.33. The molecule has 20 heavy (non-hydrogen) atoms. The van der Waals surface area contributed by atoms with Gasteiger partial charge in [0.15, 0.2) is 0 Å². The lowest BCUT2D eigenvalue weighted by molar-refractivity contribution is 0.462. The monoisotopic (exact) mass is 404 g/mol. The van der Waals surface area contributed by atoms with Crippen LogP contribution in [0.25, 0.3) is 0 Å². The maximum absolute atomic E-state index is 9.71. The average Bonchev–Trinajstić information content (AvgIpc) is 2.45. The first kappa shape index (κ1) is 16.8.